The van der Waals surface area contributed by atoms with Crippen molar-refractivity contribution in [3.05, 3.63) is 40.8 Å². The first-order valence-corrected chi connectivity index (χ1v) is 8.07. The summed E-state index contributed by atoms with van der Waals surface area (Å²) in [7, 11) is 0. The van der Waals surface area contributed by atoms with Crippen LogP contribution in [-0.2, 0) is 11.3 Å². The van der Waals surface area contributed by atoms with Crippen molar-refractivity contribution in [2.75, 3.05) is 13.1 Å². The fraction of sp³-hybridized carbons (Fsp3) is 0.375. The van der Waals surface area contributed by atoms with Crippen molar-refractivity contribution < 1.29 is 14.3 Å². The highest BCUT2D eigenvalue weighted by molar-refractivity contribution is 9.10. The first kappa shape index (κ1) is 15.2. The summed E-state index contributed by atoms with van der Waals surface area (Å²) in [5, 5.41) is 9.13. The predicted molar refractivity (Wildman–Crippen MR) is 85.3 cm³/mol. The zero-order valence-corrected chi connectivity index (χ0v) is 13.6. The molecule has 0 spiro atoms. The Kier molecular flexibility index (Phi) is 4.59. The van der Waals surface area contributed by atoms with Gasteiger partial charge in [0.2, 0.25) is 5.89 Å². The van der Waals surface area contributed by atoms with Gasteiger partial charge in [0.25, 0.3) is 0 Å². The molecule has 1 aromatic carbocycles. The first-order chi connectivity index (χ1) is 10.6. The number of benzene rings is 1. The molecule has 1 unspecified atom stereocenters. The second-order valence-electron chi connectivity index (χ2n) is 5.54. The molecule has 2 aromatic rings. The number of halogens is 1. The number of hydrogen-bond donors (Lipinski definition) is 1. The minimum atomic E-state index is -0.716. The van der Waals surface area contributed by atoms with Crippen LogP contribution in [0.3, 0.4) is 0 Å². The predicted octanol–water partition coefficient (Wildman–Crippen LogP) is 3.40. The Morgan fingerprint density at radius 2 is 2.36 bits per heavy atom. The van der Waals surface area contributed by atoms with Gasteiger partial charge in [-0.1, -0.05) is 28.1 Å². The summed E-state index contributed by atoms with van der Waals surface area (Å²) in [5.41, 5.74) is 0.968. The minimum absolute atomic E-state index is 0.284. The maximum atomic E-state index is 11.1. The summed E-state index contributed by atoms with van der Waals surface area (Å²) in [6, 6.07) is 7.85. The van der Waals surface area contributed by atoms with E-state index in [1.165, 1.54) is 0 Å². The smallest absolute Gasteiger partial charge is 0.307 e. The average molecular weight is 365 g/mol. The Hall–Kier alpha value is -1.66. The van der Waals surface area contributed by atoms with Crippen LogP contribution >= 0.6 is 15.9 Å². The quantitative estimate of drug-likeness (QED) is 0.900. The van der Waals surface area contributed by atoms with E-state index in [2.05, 4.69) is 25.8 Å². The number of carbonyl (C=O) groups is 1. The number of oxazole rings is 1. The van der Waals surface area contributed by atoms with E-state index >= 15 is 0 Å². The lowest BCUT2D eigenvalue weighted by Crippen LogP contribution is -2.38. The van der Waals surface area contributed by atoms with Crippen LogP contribution in [0.15, 0.2) is 39.4 Å². The van der Waals surface area contributed by atoms with Crippen molar-refractivity contribution >= 4 is 21.9 Å². The number of aliphatic carboxylic acids is 1. The van der Waals surface area contributed by atoms with Gasteiger partial charge < -0.3 is 9.52 Å². The van der Waals surface area contributed by atoms with E-state index in [9.17, 15) is 4.79 Å². The number of likely N-dealkylation sites (tertiary alicyclic amines) is 1. The van der Waals surface area contributed by atoms with E-state index in [4.69, 9.17) is 9.52 Å². The van der Waals surface area contributed by atoms with Gasteiger partial charge in [-0.25, -0.2) is 4.98 Å². The van der Waals surface area contributed by atoms with E-state index < -0.39 is 5.97 Å². The second kappa shape index (κ2) is 6.62. The molecular weight excluding hydrogens is 348 g/mol. The molecule has 1 fully saturated rings. The Balaban J connectivity index is 1.68. The maximum absolute atomic E-state index is 11.1. The van der Waals surface area contributed by atoms with E-state index in [-0.39, 0.29) is 5.92 Å². The largest absolute Gasteiger partial charge is 0.481 e. The van der Waals surface area contributed by atoms with Crippen LogP contribution in [0.2, 0.25) is 0 Å². The molecule has 1 aromatic heterocycles. The molecule has 22 heavy (non-hydrogen) atoms. The van der Waals surface area contributed by atoms with Crippen LogP contribution in [0.5, 0.6) is 0 Å². The zero-order chi connectivity index (χ0) is 15.5. The number of nitrogens with zero attached hydrogens (tertiary/aromatic N) is 2. The second-order valence-corrected chi connectivity index (χ2v) is 6.46. The molecular formula is C16H17BrN2O3. The van der Waals surface area contributed by atoms with Crippen molar-refractivity contribution in [1.29, 1.82) is 0 Å². The Morgan fingerprint density at radius 1 is 1.50 bits per heavy atom. The van der Waals surface area contributed by atoms with Crippen molar-refractivity contribution in [2.24, 2.45) is 5.92 Å². The van der Waals surface area contributed by atoms with Crippen LogP contribution in [-0.4, -0.2) is 34.0 Å². The van der Waals surface area contributed by atoms with Gasteiger partial charge in [0, 0.05) is 16.6 Å². The van der Waals surface area contributed by atoms with Crippen molar-refractivity contribution in [1.82, 2.24) is 9.88 Å². The third kappa shape index (κ3) is 3.56. The lowest BCUT2D eigenvalue weighted by molar-refractivity contribution is -0.143. The highest BCUT2D eigenvalue weighted by atomic mass is 79.9. The standard InChI is InChI=1S/C16H17BrN2O3/c17-13-5-1-3-11(7-13)14-8-18-15(22-14)10-19-6-2-4-12(9-19)16(20)21/h1,3,5,7-8,12H,2,4,6,9-10H2,(H,20,21). The fourth-order valence-electron chi connectivity index (χ4n) is 2.75. The molecule has 116 valence electrons. The lowest BCUT2D eigenvalue weighted by atomic mass is 9.98. The van der Waals surface area contributed by atoms with E-state index in [1.54, 1.807) is 6.20 Å². The van der Waals surface area contributed by atoms with Crippen molar-refractivity contribution in [3.63, 3.8) is 0 Å². The summed E-state index contributed by atoms with van der Waals surface area (Å²) in [6.07, 6.45) is 3.37. The summed E-state index contributed by atoms with van der Waals surface area (Å²) < 4.78 is 6.79. The molecule has 6 heteroatoms. The SMILES string of the molecule is O=C(O)C1CCCN(Cc2ncc(-c3cccc(Br)c3)o2)C1. The normalized spacial score (nSPS) is 19.2. The van der Waals surface area contributed by atoms with Crippen molar-refractivity contribution in [2.45, 2.75) is 19.4 Å². The van der Waals surface area contributed by atoms with Gasteiger partial charge in [-0.15, -0.1) is 0 Å². The zero-order valence-electron chi connectivity index (χ0n) is 12.0. The molecule has 0 aliphatic carbocycles. The van der Waals surface area contributed by atoms with Gasteiger partial charge in [0.1, 0.15) is 0 Å². The number of carboxylic acids is 1. The van der Waals surface area contributed by atoms with Crippen LogP contribution in [0, 0.1) is 5.92 Å². The molecule has 1 aliphatic rings. The number of rotatable bonds is 4. The third-order valence-corrected chi connectivity index (χ3v) is 4.37. The molecule has 0 amide bonds. The number of piperidine rings is 1. The third-order valence-electron chi connectivity index (χ3n) is 3.88. The number of hydrogen-bond acceptors (Lipinski definition) is 4. The van der Waals surface area contributed by atoms with Gasteiger partial charge >= 0.3 is 5.97 Å². The summed E-state index contributed by atoms with van der Waals surface area (Å²) in [5.74, 6) is 0.351. The van der Waals surface area contributed by atoms with E-state index in [0.717, 1.165) is 35.2 Å². The van der Waals surface area contributed by atoms with Gasteiger partial charge in [-0.3, -0.25) is 9.69 Å². The number of aromatic nitrogens is 1. The molecule has 1 aliphatic heterocycles. The first-order valence-electron chi connectivity index (χ1n) is 7.27. The van der Waals surface area contributed by atoms with Gasteiger partial charge in [0.15, 0.2) is 5.76 Å². The van der Waals surface area contributed by atoms with Crippen LogP contribution in [0.4, 0.5) is 0 Å². The molecule has 0 saturated carbocycles. The maximum Gasteiger partial charge on any atom is 0.307 e. The summed E-state index contributed by atoms with van der Waals surface area (Å²) in [6.45, 7) is 2.00. The van der Waals surface area contributed by atoms with Crippen LogP contribution < -0.4 is 0 Å². The molecule has 0 bridgehead atoms. The van der Waals surface area contributed by atoms with Gasteiger partial charge in [-0.2, -0.15) is 0 Å². The molecule has 2 heterocycles. The molecule has 1 saturated heterocycles. The average Bonchev–Trinajstić information content (AvgIpc) is 2.96. The summed E-state index contributed by atoms with van der Waals surface area (Å²) in [4.78, 5) is 17.5. The van der Waals surface area contributed by atoms with Crippen LogP contribution in [0.1, 0.15) is 18.7 Å². The summed E-state index contributed by atoms with van der Waals surface area (Å²) >= 11 is 3.44. The molecule has 0 radical (unpaired) electrons. The van der Waals surface area contributed by atoms with Crippen LogP contribution in [0.25, 0.3) is 11.3 Å². The lowest BCUT2D eigenvalue weighted by Gasteiger charge is -2.29. The Bertz CT molecular complexity index is 671. The fourth-order valence-corrected chi connectivity index (χ4v) is 3.15. The van der Waals surface area contributed by atoms with E-state index in [1.807, 2.05) is 24.3 Å². The monoisotopic (exact) mass is 364 g/mol. The van der Waals surface area contributed by atoms with Gasteiger partial charge in [0.05, 0.1) is 18.7 Å². The Morgan fingerprint density at radius 3 is 3.14 bits per heavy atom. The molecule has 3 rings (SSSR count). The molecule has 5 nitrogen and oxygen atoms in total. The number of carboxylic acid groups (broad SMARTS) is 1. The molecule has 1 N–H and O–H groups in total. The Labute approximate surface area is 137 Å². The minimum Gasteiger partial charge on any atom is -0.481 e. The van der Waals surface area contributed by atoms with E-state index in [0.29, 0.717) is 19.0 Å². The topological polar surface area (TPSA) is 66.6 Å². The molecule has 1 atom stereocenters. The highest BCUT2D eigenvalue weighted by Crippen LogP contribution is 2.25. The van der Waals surface area contributed by atoms with Gasteiger partial charge in [-0.05, 0) is 31.5 Å². The van der Waals surface area contributed by atoms with Crippen molar-refractivity contribution in [3.8, 4) is 11.3 Å². The highest BCUT2D eigenvalue weighted by Gasteiger charge is 2.26.